The summed E-state index contributed by atoms with van der Waals surface area (Å²) in [5, 5.41) is 0. The zero-order valence-electron chi connectivity index (χ0n) is 17.2. The van der Waals surface area contributed by atoms with Gasteiger partial charge in [0.2, 0.25) is 0 Å². The average molecular weight is 317 g/mol. The van der Waals surface area contributed by atoms with Crippen molar-refractivity contribution in [3.05, 3.63) is 0 Å². The fourth-order valence-corrected chi connectivity index (χ4v) is 1.79. The van der Waals surface area contributed by atoms with Crippen molar-refractivity contribution in [3.8, 4) is 0 Å². The van der Waals surface area contributed by atoms with E-state index in [0.29, 0.717) is 12.1 Å². The summed E-state index contributed by atoms with van der Waals surface area (Å²) in [6.07, 6.45) is 0. The molecule has 0 spiro atoms. The Morgan fingerprint density at radius 2 is 0.864 bits per heavy atom. The second kappa shape index (κ2) is 14.4. The van der Waals surface area contributed by atoms with Crippen molar-refractivity contribution in [3.63, 3.8) is 0 Å². The largest absolute Gasteiger partial charge is 0.308 e. The van der Waals surface area contributed by atoms with Crippen LogP contribution in [0.1, 0.15) is 41.5 Å². The molecule has 0 atom stereocenters. The third-order valence-corrected chi connectivity index (χ3v) is 4.16. The predicted octanol–water partition coefficient (Wildman–Crippen LogP) is 2.56. The fourth-order valence-electron chi connectivity index (χ4n) is 1.79. The van der Waals surface area contributed by atoms with Crippen molar-refractivity contribution in [1.82, 2.24) is 19.6 Å². The van der Waals surface area contributed by atoms with Crippen LogP contribution in [-0.2, 0) is 0 Å². The van der Waals surface area contributed by atoms with Crippen molar-refractivity contribution < 1.29 is 0 Å². The number of hydrogen-bond donors (Lipinski definition) is 0. The molecule has 0 aromatic carbocycles. The lowest BCUT2D eigenvalue weighted by Crippen LogP contribution is -2.43. The Kier molecular flexibility index (Phi) is 15.8. The van der Waals surface area contributed by atoms with Gasteiger partial charge < -0.3 is 14.7 Å². The molecule has 0 aliphatic heterocycles. The smallest absolute Gasteiger partial charge is 0.0110 e. The molecule has 0 saturated heterocycles. The Bertz CT molecular complexity index is 211. The van der Waals surface area contributed by atoms with Crippen LogP contribution in [0.4, 0.5) is 0 Å². The van der Waals surface area contributed by atoms with E-state index in [2.05, 4.69) is 75.5 Å². The van der Waals surface area contributed by atoms with Gasteiger partial charge in [-0.25, -0.2) is 0 Å². The standard InChI is InChI=1S/C16H38N4.C2H6/c1-15(2)18(7)10-13-20(12-9-17(5)6)14-11-19(8)16(3)4;1-2/h15-16H,9-14H2,1-8H3;1-2H3. The van der Waals surface area contributed by atoms with Gasteiger partial charge in [0.05, 0.1) is 0 Å². The highest BCUT2D eigenvalue weighted by atomic mass is 15.2. The van der Waals surface area contributed by atoms with E-state index in [1.54, 1.807) is 0 Å². The Hall–Kier alpha value is -0.160. The van der Waals surface area contributed by atoms with Crippen LogP contribution in [0.2, 0.25) is 0 Å². The maximum absolute atomic E-state index is 2.60. The van der Waals surface area contributed by atoms with Gasteiger partial charge in [-0.3, -0.25) is 4.90 Å². The van der Waals surface area contributed by atoms with Gasteiger partial charge >= 0.3 is 0 Å². The highest BCUT2D eigenvalue weighted by molar-refractivity contribution is 4.67. The van der Waals surface area contributed by atoms with Crippen LogP contribution in [0, 0.1) is 0 Å². The van der Waals surface area contributed by atoms with Crippen LogP contribution in [0.25, 0.3) is 0 Å². The van der Waals surface area contributed by atoms with E-state index in [-0.39, 0.29) is 0 Å². The summed E-state index contributed by atoms with van der Waals surface area (Å²) >= 11 is 0. The van der Waals surface area contributed by atoms with Crippen LogP contribution in [-0.4, -0.2) is 99.1 Å². The third kappa shape index (κ3) is 13.5. The third-order valence-electron chi connectivity index (χ3n) is 4.16. The number of likely N-dealkylation sites (N-methyl/N-ethyl adjacent to an activating group) is 3. The Morgan fingerprint density at radius 3 is 1.14 bits per heavy atom. The van der Waals surface area contributed by atoms with Crippen LogP contribution >= 0.6 is 0 Å². The summed E-state index contributed by atoms with van der Waals surface area (Å²) in [5.41, 5.74) is 0. The molecule has 0 fully saturated rings. The molecule has 0 saturated carbocycles. The minimum atomic E-state index is 0.629. The topological polar surface area (TPSA) is 13.0 Å². The van der Waals surface area contributed by atoms with E-state index in [0.717, 1.165) is 39.3 Å². The minimum Gasteiger partial charge on any atom is -0.308 e. The van der Waals surface area contributed by atoms with Gasteiger partial charge in [-0.1, -0.05) is 13.8 Å². The van der Waals surface area contributed by atoms with E-state index in [9.17, 15) is 0 Å². The summed E-state index contributed by atoms with van der Waals surface area (Å²) in [5.74, 6) is 0. The normalized spacial score (nSPS) is 12.0. The molecule has 0 heterocycles. The van der Waals surface area contributed by atoms with Gasteiger partial charge in [-0.2, -0.15) is 0 Å². The zero-order valence-corrected chi connectivity index (χ0v) is 17.2. The monoisotopic (exact) mass is 316 g/mol. The maximum Gasteiger partial charge on any atom is 0.0110 e. The van der Waals surface area contributed by atoms with Crippen LogP contribution in [0.3, 0.4) is 0 Å². The number of nitrogens with zero attached hydrogens (tertiary/aromatic N) is 4. The molecule has 0 amide bonds. The molecule has 22 heavy (non-hydrogen) atoms. The Labute approximate surface area is 141 Å². The molecule has 136 valence electrons. The highest BCUT2D eigenvalue weighted by Gasteiger charge is 2.11. The molecule has 0 aromatic heterocycles. The molecule has 0 aliphatic rings. The van der Waals surface area contributed by atoms with Gasteiger partial charge in [0.25, 0.3) is 0 Å². The van der Waals surface area contributed by atoms with E-state index in [1.165, 1.54) is 0 Å². The summed E-state index contributed by atoms with van der Waals surface area (Å²) < 4.78 is 0. The SMILES string of the molecule is CC.CC(C)N(C)CCN(CCN(C)C)CCN(C)C(C)C. The lowest BCUT2D eigenvalue weighted by Gasteiger charge is -2.30. The zero-order chi connectivity index (χ0) is 17.7. The molecule has 4 heteroatoms. The average Bonchev–Trinajstić information content (AvgIpc) is 2.47. The molecule has 0 unspecified atom stereocenters. The first-order chi connectivity index (χ1) is 10.2. The van der Waals surface area contributed by atoms with Crippen molar-refractivity contribution in [2.75, 3.05) is 67.5 Å². The van der Waals surface area contributed by atoms with Gasteiger partial charge in [0.15, 0.2) is 0 Å². The summed E-state index contributed by atoms with van der Waals surface area (Å²) in [6, 6.07) is 1.26. The van der Waals surface area contributed by atoms with Gasteiger partial charge in [0, 0.05) is 51.4 Å². The summed E-state index contributed by atoms with van der Waals surface area (Å²) in [6.45, 7) is 20.0. The molecule has 0 aliphatic carbocycles. The van der Waals surface area contributed by atoms with E-state index in [4.69, 9.17) is 0 Å². The molecule has 0 aromatic rings. The molecular formula is C18H44N4. The van der Waals surface area contributed by atoms with Crippen molar-refractivity contribution in [1.29, 1.82) is 0 Å². The van der Waals surface area contributed by atoms with E-state index < -0.39 is 0 Å². The van der Waals surface area contributed by atoms with Gasteiger partial charge in [-0.05, 0) is 55.9 Å². The number of rotatable bonds is 11. The predicted molar refractivity (Wildman–Crippen MR) is 102 cm³/mol. The van der Waals surface area contributed by atoms with Crippen LogP contribution in [0.15, 0.2) is 0 Å². The second-order valence-corrected chi connectivity index (χ2v) is 6.79. The molecular weight excluding hydrogens is 272 g/mol. The fraction of sp³-hybridized carbons (Fsp3) is 1.00. The Balaban J connectivity index is 0. The molecule has 4 nitrogen and oxygen atoms in total. The van der Waals surface area contributed by atoms with Crippen molar-refractivity contribution >= 4 is 0 Å². The van der Waals surface area contributed by atoms with E-state index >= 15 is 0 Å². The molecule has 0 bridgehead atoms. The number of hydrogen-bond acceptors (Lipinski definition) is 4. The van der Waals surface area contributed by atoms with Gasteiger partial charge in [0.1, 0.15) is 0 Å². The summed E-state index contributed by atoms with van der Waals surface area (Å²) in [7, 11) is 8.74. The van der Waals surface area contributed by atoms with Crippen molar-refractivity contribution in [2.24, 2.45) is 0 Å². The second-order valence-electron chi connectivity index (χ2n) is 6.79. The minimum absolute atomic E-state index is 0.629. The lowest BCUT2D eigenvalue weighted by molar-refractivity contribution is 0.165. The van der Waals surface area contributed by atoms with Crippen LogP contribution < -0.4 is 0 Å². The quantitative estimate of drug-likeness (QED) is 0.581. The first kappa shape index (κ1) is 24.1. The van der Waals surface area contributed by atoms with Crippen LogP contribution in [0.5, 0.6) is 0 Å². The highest BCUT2D eigenvalue weighted by Crippen LogP contribution is 1.98. The Morgan fingerprint density at radius 1 is 0.545 bits per heavy atom. The first-order valence-corrected chi connectivity index (χ1v) is 9.01. The first-order valence-electron chi connectivity index (χ1n) is 9.01. The molecule has 0 N–H and O–H groups in total. The van der Waals surface area contributed by atoms with Crippen molar-refractivity contribution in [2.45, 2.75) is 53.6 Å². The lowest BCUT2D eigenvalue weighted by atomic mass is 10.3. The van der Waals surface area contributed by atoms with Gasteiger partial charge in [-0.15, -0.1) is 0 Å². The maximum atomic E-state index is 2.60. The molecule has 0 radical (unpaired) electrons. The van der Waals surface area contributed by atoms with E-state index in [1.807, 2.05) is 13.8 Å². The molecule has 0 rings (SSSR count). The summed E-state index contributed by atoms with van der Waals surface area (Å²) in [4.78, 5) is 9.72.